The van der Waals surface area contributed by atoms with Crippen molar-refractivity contribution < 1.29 is 5.11 Å². The second-order valence-corrected chi connectivity index (χ2v) is 6.45. The van der Waals surface area contributed by atoms with Gasteiger partial charge in [0.2, 0.25) is 0 Å². The van der Waals surface area contributed by atoms with Crippen molar-refractivity contribution in [1.29, 1.82) is 0 Å². The van der Waals surface area contributed by atoms with E-state index in [-0.39, 0.29) is 0 Å². The molecule has 0 fully saturated rings. The van der Waals surface area contributed by atoms with Gasteiger partial charge in [0.15, 0.2) is 0 Å². The molecule has 0 heterocycles. The van der Waals surface area contributed by atoms with Crippen LogP contribution in [0.4, 0.5) is 0 Å². The van der Waals surface area contributed by atoms with Gasteiger partial charge in [0.05, 0.1) is 5.60 Å². The molecule has 0 aliphatic rings. The normalized spacial score (nSPS) is 13.0. The largest absolute Gasteiger partial charge is 0.386 e. The second-order valence-electron chi connectivity index (χ2n) is 6.45. The fraction of sp³-hybridized carbons (Fsp3) is 0.600. The monoisotopic (exact) mass is 292 g/mol. The highest BCUT2D eigenvalue weighted by atomic mass is 16.3. The molecule has 0 radical (unpaired) electrons. The smallest absolute Gasteiger partial charge is 0.0802 e. The van der Waals surface area contributed by atoms with E-state index in [9.17, 15) is 5.11 Å². The minimum absolute atomic E-state index is 0.638. The lowest BCUT2D eigenvalue weighted by molar-refractivity contribution is 0.103. The van der Waals surface area contributed by atoms with Crippen molar-refractivity contribution in [1.82, 2.24) is 0 Å². The van der Waals surface area contributed by atoms with Gasteiger partial charge in [-0.05, 0) is 74.1 Å². The summed E-state index contributed by atoms with van der Waals surface area (Å²) in [6.45, 7) is 18.1. The van der Waals surface area contributed by atoms with E-state index in [1.54, 1.807) is 0 Å². The molecule has 1 nitrogen and oxygen atoms in total. The number of hydrogen-bond donors (Lipinski definition) is 1. The SMILES string of the molecule is C/C=C/C(C)(O)CCC=C(C)C.C=C(C)CCC=C(C)C. The van der Waals surface area contributed by atoms with Crippen molar-refractivity contribution in [2.45, 2.75) is 79.8 Å². The molecule has 0 aliphatic carbocycles. The van der Waals surface area contributed by atoms with Crippen LogP contribution in [0.3, 0.4) is 0 Å². The summed E-state index contributed by atoms with van der Waals surface area (Å²) in [7, 11) is 0. The molecular weight excluding hydrogens is 256 g/mol. The van der Waals surface area contributed by atoms with Crippen molar-refractivity contribution in [2.24, 2.45) is 0 Å². The Morgan fingerprint density at radius 3 is 1.86 bits per heavy atom. The van der Waals surface area contributed by atoms with Crippen LogP contribution >= 0.6 is 0 Å². The second kappa shape index (κ2) is 12.6. The molecule has 0 rings (SSSR count). The van der Waals surface area contributed by atoms with Gasteiger partial charge in [-0.2, -0.15) is 0 Å². The molecule has 0 amide bonds. The fourth-order valence-electron chi connectivity index (χ4n) is 1.70. The lowest BCUT2D eigenvalue weighted by atomic mass is 9.99. The van der Waals surface area contributed by atoms with Crippen LogP contribution in [0.2, 0.25) is 0 Å². The highest BCUT2D eigenvalue weighted by Crippen LogP contribution is 2.14. The van der Waals surface area contributed by atoms with Crippen LogP contribution in [0, 0.1) is 0 Å². The Morgan fingerprint density at radius 1 is 1.00 bits per heavy atom. The van der Waals surface area contributed by atoms with Crippen molar-refractivity contribution in [3.8, 4) is 0 Å². The van der Waals surface area contributed by atoms with E-state index in [0.717, 1.165) is 25.7 Å². The van der Waals surface area contributed by atoms with Gasteiger partial charge in [-0.15, -0.1) is 6.58 Å². The topological polar surface area (TPSA) is 20.2 Å². The molecule has 1 atom stereocenters. The zero-order chi connectivity index (χ0) is 16.9. The van der Waals surface area contributed by atoms with Crippen LogP contribution in [0.1, 0.15) is 74.1 Å². The quantitative estimate of drug-likeness (QED) is 0.541. The number of hydrogen-bond acceptors (Lipinski definition) is 1. The molecule has 0 spiro atoms. The van der Waals surface area contributed by atoms with Crippen molar-refractivity contribution >= 4 is 0 Å². The molecule has 0 saturated heterocycles. The van der Waals surface area contributed by atoms with Gasteiger partial charge in [0, 0.05) is 0 Å². The van der Waals surface area contributed by atoms with Crippen LogP contribution in [-0.2, 0) is 0 Å². The standard InChI is InChI=1S/C11H20O.C9H16/c1-5-8-11(4,12)9-6-7-10(2)3;1-8(2)6-5-7-9(3)4/h5,7-8,12H,6,9H2,1-4H3;7H,1,5-6H2,2-4H3/b8-5+;. The Labute approximate surface area is 133 Å². The summed E-state index contributed by atoms with van der Waals surface area (Å²) < 4.78 is 0. The molecule has 1 N–H and O–H groups in total. The first-order valence-corrected chi connectivity index (χ1v) is 7.88. The Hall–Kier alpha value is -1.08. The summed E-state index contributed by atoms with van der Waals surface area (Å²) in [4.78, 5) is 0. The molecule has 0 aromatic rings. The van der Waals surface area contributed by atoms with Gasteiger partial charge in [0.25, 0.3) is 0 Å². The average molecular weight is 293 g/mol. The molecule has 122 valence electrons. The molecule has 1 heteroatoms. The van der Waals surface area contributed by atoms with E-state index in [1.807, 2.05) is 26.0 Å². The van der Waals surface area contributed by atoms with E-state index in [1.165, 1.54) is 16.7 Å². The zero-order valence-corrected chi connectivity index (χ0v) is 15.3. The number of aliphatic hydroxyl groups is 1. The van der Waals surface area contributed by atoms with Crippen LogP contribution < -0.4 is 0 Å². The molecule has 0 aliphatic heterocycles. The Balaban J connectivity index is 0. The van der Waals surface area contributed by atoms with E-state index in [0.29, 0.717) is 0 Å². The maximum Gasteiger partial charge on any atom is 0.0802 e. The van der Waals surface area contributed by atoms with Gasteiger partial charge in [-0.25, -0.2) is 0 Å². The third kappa shape index (κ3) is 21.4. The zero-order valence-electron chi connectivity index (χ0n) is 15.3. The first-order valence-electron chi connectivity index (χ1n) is 7.88. The molecule has 1 unspecified atom stereocenters. The Bertz CT molecular complexity index is 359. The number of allylic oxidation sites excluding steroid dienone is 6. The van der Waals surface area contributed by atoms with Crippen LogP contribution in [0.15, 0.2) is 47.6 Å². The molecule has 0 aromatic heterocycles. The maximum absolute atomic E-state index is 9.71. The van der Waals surface area contributed by atoms with Crippen molar-refractivity contribution in [2.75, 3.05) is 0 Å². The van der Waals surface area contributed by atoms with E-state index < -0.39 is 5.60 Å². The third-order valence-electron chi connectivity index (χ3n) is 2.85. The Kier molecular flexibility index (Phi) is 13.4. The summed E-state index contributed by atoms with van der Waals surface area (Å²) in [6, 6.07) is 0. The highest BCUT2D eigenvalue weighted by molar-refractivity contribution is 5.00. The van der Waals surface area contributed by atoms with Crippen molar-refractivity contribution in [3.63, 3.8) is 0 Å². The molecule has 21 heavy (non-hydrogen) atoms. The van der Waals surface area contributed by atoms with Gasteiger partial charge in [0.1, 0.15) is 0 Å². The summed E-state index contributed by atoms with van der Waals surface area (Å²) >= 11 is 0. The van der Waals surface area contributed by atoms with Crippen LogP contribution in [0.25, 0.3) is 0 Å². The number of rotatable bonds is 7. The van der Waals surface area contributed by atoms with E-state index >= 15 is 0 Å². The lowest BCUT2D eigenvalue weighted by Gasteiger charge is -2.17. The Morgan fingerprint density at radius 2 is 1.48 bits per heavy atom. The van der Waals surface area contributed by atoms with E-state index in [4.69, 9.17) is 0 Å². The van der Waals surface area contributed by atoms with Gasteiger partial charge in [-0.3, -0.25) is 0 Å². The maximum atomic E-state index is 9.71. The van der Waals surface area contributed by atoms with Crippen LogP contribution in [-0.4, -0.2) is 10.7 Å². The molecular formula is C20H36O. The summed E-state index contributed by atoms with van der Waals surface area (Å²) in [5.41, 5.74) is 3.34. The summed E-state index contributed by atoms with van der Waals surface area (Å²) in [5.74, 6) is 0. The van der Waals surface area contributed by atoms with E-state index in [2.05, 4.69) is 53.3 Å². The molecule has 0 bridgehead atoms. The van der Waals surface area contributed by atoms with Gasteiger partial charge < -0.3 is 5.11 Å². The first kappa shape index (κ1) is 22.2. The van der Waals surface area contributed by atoms with Gasteiger partial charge >= 0.3 is 0 Å². The fourth-order valence-corrected chi connectivity index (χ4v) is 1.70. The van der Waals surface area contributed by atoms with Crippen LogP contribution in [0.5, 0.6) is 0 Å². The highest BCUT2D eigenvalue weighted by Gasteiger charge is 2.13. The summed E-state index contributed by atoms with van der Waals surface area (Å²) in [5, 5.41) is 9.71. The average Bonchev–Trinajstić information content (AvgIpc) is 2.27. The third-order valence-corrected chi connectivity index (χ3v) is 2.85. The molecule has 0 aromatic carbocycles. The van der Waals surface area contributed by atoms with Gasteiger partial charge in [-0.1, -0.05) is 41.0 Å². The predicted octanol–water partition coefficient (Wildman–Crippen LogP) is 6.37. The lowest BCUT2D eigenvalue weighted by Crippen LogP contribution is -2.19. The minimum Gasteiger partial charge on any atom is -0.386 e. The van der Waals surface area contributed by atoms with Crippen molar-refractivity contribution in [3.05, 3.63) is 47.6 Å². The molecule has 0 saturated carbocycles. The first-order chi connectivity index (χ1) is 9.60. The summed E-state index contributed by atoms with van der Waals surface area (Å²) in [6.07, 6.45) is 12.1. The predicted molar refractivity (Wildman–Crippen MR) is 97.6 cm³/mol. The minimum atomic E-state index is -0.638.